The van der Waals surface area contributed by atoms with E-state index in [4.69, 9.17) is 5.11 Å². The van der Waals surface area contributed by atoms with Gasteiger partial charge in [0.05, 0.1) is 6.61 Å². The van der Waals surface area contributed by atoms with Crippen LogP contribution in [0.25, 0.3) is 10.8 Å². The smallest absolute Gasteiger partial charge is 0.251 e. The molecule has 0 bridgehead atoms. The summed E-state index contributed by atoms with van der Waals surface area (Å²) in [5.74, 6) is 0.00810. The molecule has 0 aliphatic rings. The SMILES string of the molecule is O=C(NCCO)c1cccc(NCc2c(O)ccc3ccccc23)c1. The lowest BCUT2D eigenvalue weighted by atomic mass is 10.0. The first-order valence-electron chi connectivity index (χ1n) is 8.11. The predicted octanol–water partition coefficient (Wildman–Crippen LogP) is 2.88. The van der Waals surface area contributed by atoms with Gasteiger partial charge in [-0.1, -0.05) is 36.4 Å². The topological polar surface area (TPSA) is 81.6 Å². The molecule has 0 saturated heterocycles. The number of phenols is 1. The Balaban J connectivity index is 1.78. The second-order valence-corrected chi connectivity index (χ2v) is 5.70. The van der Waals surface area contributed by atoms with Crippen molar-refractivity contribution < 1.29 is 15.0 Å². The standard InChI is InChI=1S/C20H20N2O3/c23-11-10-21-20(25)15-5-3-6-16(12-15)22-13-18-17-7-2-1-4-14(17)8-9-19(18)24/h1-9,12,22-24H,10-11,13H2,(H,21,25). The van der Waals surface area contributed by atoms with Crippen molar-refractivity contribution in [3.05, 3.63) is 71.8 Å². The zero-order chi connectivity index (χ0) is 17.6. The van der Waals surface area contributed by atoms with Crippen LogP contribution in [0.2, 0.25) is 0 Å². The normalized spacial score (nSPS) is 10.6. The van der Waals surface area contributed by atoms with E-state index >= 15 is 0 Å². The summed E-state index contributed by atoms with van der Waals surface area (Å²) in [6.45, 7) is 0.569. The van der Waals surface area contributed by atoms with E-state index in [9.17, 15) is 9.90 Å². The van der Waals surface area contributed by atoms with Gasteiger partial charge in [-0.05, 0) is 35.0 Å². The van der Waals surface area contributed by atoms with Crippen molar-refractivity contribution in [2.45, 2.75) is 6.54 Å². The van der Waals surface area contributed by atoms with Crippen LogP contribution >= 0.6 is 0 Å². The highest BCUT2D eigenvalue weighted by Gasteiger charge is 2.08. The fourth-order valence-corrected chi connectivity index (χ4v) is 2.74. The van der Waals surface area contributed by atoms with Gasteiger partial charge in [-0.25, -0.2) is 0 Å². The summed E-state index contributed by atoms with van der Waals surface area (Å²) in [4.78, 5) is 12.0. The number of fused-ring (bicyclic) bond motifs is 1. The number of hydrogen-bond donors (Lipinski definition) is 4. The molecule has 0 aliphatic heterocycles. The molecule has 0 saturated carbocycles. The Hall–Kier alpha value is -3.05. The second kappa shape index (κ2) is 7.68. The van der Waals surface area contributed by atoms with Crippen molar-refractivity contribution in [2.75, 3.05) is 18.5 Å². The fourth-order valence-electron chi connectivity index (χ4n) is 2.74. The maximum atomic E-state index is 12.0. The number of rotatable bonds is 6. The molecule has 3 rings (SSSR count). The molecule has 0 aliphatic carbocycles. The lowest BCUT2D eigenvalue weighted by molar-refractivity contribution is 0.0945. The van der Waals surface area contributed by atoms with E-state index in [1.807, 2.05) is 36.4 Å². The number of aliphatic hydroxyl groups is 1. The van der Waals surface area contributed by atoms with Gasteiger partial charge in [-0.2, -0.15) is 0 Å². The molecule has 0 aromatic heterocycles. The van der Waals surface area contributed by atoms with E-state index in [-0.39, 0.29) is 24.8 Å². The minimum atomic E-state index is -0.231. The van der Waals surface area contributed by atoms with Crippen LogP contribution < -0.4 is 10.6 Å². The van der Waals surface area contributed by atoms with Crippen molar-refractivity contribution in [3.8, 4) is 5.75 Å². The summed E-state index contributed by atoms with van der Waals surface area (Å²) in [5, 5.41) is 26.9. The lowest BCUT2D eigenvalue weighted by Gasteiger charge is -2.12. The largest absolute Gasteiger partial charge is 0.508 e. The van der Waals surface area contributed by atoms with Crippen LogP contribution in [0.1, 0.15) is 15.9 Å². The molecule has 0 unspecified atom stereocenters. The van der Waals surface area contributed by atoms with Crippen molar-refractivity contribution in [1.82, 2.24) is 5.32 Å². The Labute approximate surface area is 145 Å². The van der Waals surface area contributed by atoms with Gasteiger partial charge in [-0.3, -0.25) is 4.79 Å². The number of amides is 1. The number of carbonyl (C=O) groups excluding carboxylic acids is 1. The van der Waals surface area contributed by atoms with Gasteiger partial charge in [0.15, 0.2) is 0 Å². The molecule has 25 heavy (non-hydrogen) atoms. The van der Waals surface area contributed by atoms with E-state index in [1.165, 1.54) is 0 Å². The number of nitrogens with one attached hydrogen (secondary N) is 2. The third-order valence-corrected chi connectivity index (χ3v) is 4.01. The summed E-state index contributed by atoms with van der Waals surface area (Å²) in [6.07, 6.45) is 0. The Morgan fingerprint density at radius 3 is 2.68 bits per heavy atom. The Bertz CT molecular complexity index is 893. The van der Waals surface area contributed by atoms with Crippen LogP contribution in [0.3, 0.4) is 0 Å². The fraction of sp³-hybridized carbons (Fsp3) is 0.150. The van der Waals surface area contributed by atoms with Crippen molar-refractivity contribution in [3.63, 3.8) is 0 Å². The lowest BCUT2D eigenvalue weighted by Crippen LogP contribution is -2.26. The molecule has 0 radical (unpaired) electrons. The third-order valence-electron chi connectivity index (χ3n) is 4.01. The predicted molar refractivity (Wildman–Crippen MR) is 98.8 cm³/mol. The van der Waals surface area contributed by atoms with Gasteiger partial charge in [-0.15, -0.1) is 0 Å². The first-order valence-corrected chi connectivity index (χ1v) is 8.11. The van der Waals surface area contributed by atoms with Crippen molar-refractivity contribution in [2.24, 2.45) is 0 Å². The first-order chi connectivity index (χ1) is 12.2. The quantitative estimate of drug-likeness (QED) is 0.558. The molecule has 3 aromatic carbocycles. The zero-order valence-corrected chi connectivity index (χ0v) is 13.7. The third kappa shape index (κ3) is 3.89. The van der Waals surface area contributed by atoms with Crippen LogP contribution in [-0.2, 0) is 6.54 Å². The maximum absolute atomic E-state index is 12.0. The second-order valence-electron chi connectivity index (χ2n) is 5.70. The molecule has 128 valence electrons. The van der Waals surface area contributed by atoms with Gasteiger partial charge in [0.1, 0.15) is 5.75 Å². The van der Waals surface area contributed by atoms with Crippen LogP contribution in [0.4, 0.5) is 5.69 Å². The summed E-state index contributed by atoms with van der Waals surface area (Å²) < 4.78 is 0. The average molecular weight is 336 g/mol. The Morgan fingerprint density at radius 1 is 1.00 bits per heavy atom. The van der Waals surface area contributed by atoms with Crippen molar-refractivity contribution >= 4 is 22.4 Å². The number of anilines is 1. The van der Waals surface area contributed by atoms with Gasteiger partial charge in [0, 0.05) is 29.9 Å². The molecule has 0 fully saturated rings. The number of aliphatic hydroxyl groups excluding tert-OH is 1. The van der Waals surface area contributed by atoms with E-state index in [0.717, 1.165) is 22.0 Å². The highest BCUT2D eigenvalue weighted by Crippen LogP contribution is 2.28. The molecule has 0 spiro atoms. The molecule has 5 heteroatoms. The highest BCUT2D eigenvalue weighted by molar-refractivity contribution is 5.95. The van der Waals surface area contributed by atoms with Gasteiger partial charge < -0.3 is 20.8 Å². The van der Waals surface area contributed by atoms with Gasteiger partial charge in [0.2, 0.25) is 0 Å². The van der Waals surface area contributed by atoms with Crippen LogP contribution in [0.5, 0.6) is 5.75 Å². The summed E-state index contributed by atoms with van der Waals surface area (Å²) in [6, 6.07) is 18.6. The maximum Gasteiger partial charge on any atom is 0.251 e. The van der Waals surface area contributed by atoms with Gasteiger partial charge in [0.25, 0.3) is 5.91 Å². The molecule has 4 N–H and O–H groups in total. The van der Waals surface area contributed by atoms with E-state index in [2.05, 4.69) is 10.6 Å². The van der Waals surface area contributed by atoms with E-state index in [1.54, 1.807) is 24.3 Å². The molecular formula is C20H20N2O3. The number of aromatic hydroxyl groups is 1. The minimum Gasteiger partial charge on any atom is -0.508 e. The van der Waals surface area contributed by atoms with Crippen molar-refractivity contribution in [1.29, 1.82) is 0 Å². The first kappa shape index (κ1) is 16.8. The summed E-state index contributed by atoms with van der Waals surface area (Å²) in [7, 11) is 0. The number of hydrogen-bond acceptors (Lipinski definition) is 4. The molecule has 1 amide bonds. The molecule has 0 atom stereocenters. The number of carbonyl (C=O) groups is 1. The molecule has 0 heterocycles. The molecular weight excluding hydrogens is 316 g/mol. The molecule has 5 nitrogen and oxygen atoms in total. The number of benzene rings is 3. The summed E-state index contributed by atoms with van der Waals surface area (Å²) in [5.41, 5.74) is 2.11. The van der Waals surface area contributed by atoms with Crippen LogP contribution in [0.15, 0.2) is 60.7 Å². The van der Waals surface area contributed by atoms with Crippen LogP contribution in [-0.4, -0.2) is 29.3 Å². The average Bonchev–Trinajstić information content (AvgIpc) is 2.65. The molecule has 3 aromatic rings. The highest BCUT2D eigenvalue weighted by atomic mass is 16.3. The Morgan fingerprint density at radius 2 is 1.84 bits per heavy atom. The van der Waals surface area contributed by atoms with Crippen LogP contribution in [0, 0.1) is 0 Å². The number of phenolic OH excluding ortho intramolecular Hbond substituents is 1. The monoisotopic (exact) mass is 336 g/mol. The Kier molecular flexibility index (Phi) is 5.16. The van der Waals surface area contributed by atoms with Gasteiger partial charge >= 0.3 is 0 Å². The van der Waals surface area contributed by atoms with E-state index in [0.29, 0.717) is 12.1 Å². The van der Waals surface area contributed by atoms with E-state index < -0.39 is 0 Å². The summed E-state index contributed by atoms with van der Waals surface area (Å²) >= 11 is 0. The minimum absolute atomic E-state index is 0.0932. The zero-order valence-electron chi connectivity index (χ0n) is 13.7.